The van der Waals surface area contributed by atoms with Crippen LogP contribution in [0.1, 0.15) is 27.0 Å². The van der Waals surface area contributed by atoms with Gasteiger partial charge in [-0.1, -0.05) is 48.5 Å². The average molecular weight is 466 g/mol. The summed E-state index contributed by atoms with van der Waals surface area (Å²) in [5, 5.41) is 2.82. The van der Waals surface area contributed by atoms with Crippen molar-refractivity contribution in [1.29, 1.82) is 0 Å². The molecule has 8 heteroatoms. The van der Waals surface area contributed by atoms with E-state index in [0.717, 1.165) is 16.7 Å². The lowest BCUT2D eigenvalue weighted by Gasteiger charge is -2.18. The van der Waals surface area contributed by atoms with Gasteiger partial charge in [-0.2, -0.15) is 0 Å². The van der Waals surface area contributed by atoms with Gasteiger partial charge in [0.15, 0.2) is 0 Å². The number of hydrogen-bond donors (Lipinski definition) is 2. The summed E-state index contributed by atoms with van der Waals surface area (Å²) in [4.78, 5) is 26.5. The zero-order chi connectivity index (χ0) is 24.0. The van der Waals surface area contributed by atoms with Gasteiger partial charge in [0.25, 0.3) is 5.91 Å². The van der Waals surface area contributed by atoms with E-state index >= 15 is 0 Å². The first kappa shape index (κ1) is 24.2. The highest BCUT2D eigenvalue weighted by Gasteiger charge is 2.19. The summed E-state index contributed by atoms with van der Waals surface area (Å²) in [6, 6.07) is 20.5. The minimum Gasteiger partial charge on any atom is -0.332 e. The first-order valence-corrected chi connectivity index (χ1v) is 11.9. The Labute approximate surface area is 194 Å². The fourth-order valence-electron chi connectivity index (χ4n) is 3.24. The predicted molar refractivity (Wildman–Crippen MR) is 128 cm³/mol. The van der Waals surface area contributed by atoms with Crippen LogP contribution in [-0.2, 0) is 21.4 Å². The summed E-state index contributed by atoms with van der Waals surface area (Å²) >= 11 is 0. The molecule has 2 amide bonds. The molecule has 7 nitrogen and oxygen atoms in total. The quantitative estimate of drug-likeness (QED) is 0.532. The van der Waals surface area contributed by atoms with Crippen LogP contribution in [0.5, 0.6) is 0 Å². The molecule has 0 radical (unpaired) electrons. The molecule has 3 aromatic rings. The van der Waals surface area contributed by atoms with E-state index in [1.54, 1.807) is 6.07 Å². The summed E-state index contributed by atoms with van der Waals surface area (Å²) in [6.07, 6.45) is 0. The number of rotatable bonds is 8. The number of hydrogen-bond acceptors (Lipinski definition) is 4. The average Bonchev–Trinajstić information content (AvgIpc) is 2.81. The van der Waals surface area contributed by atoms with Gasteiger partial charge in [0, 0.05) is 24.8 Å². The second-order valence-electron chi connectivity index (χ2n) is 7.79. The van der Waals surface area contributed by atoms with E-state index in [1.165, 1.54) is 36.2 Å². The van der Waals surface area contributed by atoms with Gasteiger partial charge in [-0.05, 0) is 54.8 Å². The number of sulfonamides is 1. The molecule has 0 aliphatic carbocycles. The van der Waals surface area contributed by atoms with Crippen molar-refractivity contribution in [2.45, 2.75) is 25.3 Å². The van der Waals surface area contributed by atoms with Gasteiger partial charge in [0.1, 0.15) is 0 Å². The number of benzene rings is 3. The molecular formula is C25H27N3O4S. The molecule has 172 valence electrons. The highest BCUT2D eigenvalue weighted by Crippen LogP contribution is 2.18. The third-order valence-corrected chi connectivity index (χ3v) is 6.71. The number of nitrogens with zero attached hydrogens (tertiary/aromatic N) is 1. The maximum absolute atomic E-state index is 12.8. The van der Waals surface area contributed by atoms with Crippen molar-refractivity contribution >= 4 is 27.5 Å². The van der Waals surface area contributed by atoms with Gasteiger partial charge in [-0.3, -0.25) is 9.59 Å². The van der Waals surface area contributed by atoms with Gasteiger partial charge in [-0.15, -0.1) is 0 Å². The van der Waals surface area contributed by atoms with E-state index in [2.05, 4.69) is 10.0 Å². The van der Waals surface area contributed by atoms with Crippen molar-refractivity contribution in [2.75, 3.05) is 18.9 Å². The Morgan fingerprint density at radius 3 is 2.33 bits per heavy atom. The predicted octanol–water partition coefficient (Wildman–Crippen LogP) is 3.49. The highest BCUT2D eigenvalue weighted by atomic mass is 32.2. The van der Waals surface area contributed by atoms with Gasteiger partial charge < -0.3 is 10.2 Å². The molecule has 0 aliphatic heterocycles. The first-order valence-electron chi connectivity index (χ1n) is 10.4. The van der Waals surface area contributed by atoms with Gasteiger partial charge >= 0.3 is 0 Å². The lowest BCUT2D eigenvalue weighted by atomic mass is 10.1. The van der Waals surface area contributed by atoms with Crippen molar-refractivity contribution in [1.82, 2.24) is 9.62 Å². The Kier molecular flexibility index (Phi) is 7.63. The molecule has 3 rings (SSSR count). The van der Waals surface area contributed by atoms with E-state index in [1.807, 2.05) is 56.3 Å². The van der Waals surface area contributed by atoms with Crippen LogP contribution < -0.4 is 10.0 Å². The highest BCUT2D eigenvalue weighted by molar-refractivity contribution is 7.89. The molecule has 0 fully saturated rings. The number of carbonyl (C=O) groups excluding carboxylic acids is 2. The van der Waals surface area contributed by atoms with E-state index in [9.17, 15) is 18.0 Å². The van der Waals surface area contributed by atoms with Crippen LogP contribution in [0.3, 0.4) is 0 Å². The maximum atomic E-state index is 12.8. The fraction of sp³-hybridized carbons (Fsp3) is 0.200. The van der Waals surface area contributed by atoms with Crippen LogP contribution in [0, 0.1) is 13.8 Å². The molecule has 0 bridgehead atoms. The SMILES string of the molecule is Cc1cccc(NC(=O)CN(C)C(=O)c2cccc(S(=O)(=O)NCc3ccccc3)c2)c1C. The van der Waals surface area contributed by atoms with Crippen LogP contribution in [-0.4, -0.2) is 38.7 Å². The second kappa shape index (κ2) is 10.4. The Balaban J connectivity index is 1.66. The van der Waals surface area contributed by atoms with Crippen molar-refractivity contribution in [3.8, 4) is 0 Å². The van der Waals surface area contributed by atoms with E-state index in [0.29, 0.717) is 5.69 Å². The first-order chi connectivity index (χ1) is 15.7. The van der Waals surface area contributed by atoms with Crippen molar-refractivity contribution < 1.29 is 18.0 Å². The van der Waals surface area contributed by atoms with Crippen molar-refractivity contribution in [3.63, 3.8) is 0 Å². The Morgan fingerprint density at radius 2 is 1.61 bits per heavy atom. The summed E-state index contributed by atoms with van der Waals surface area (Å²) in [5.41, 5.74) is 3.71. The molecule has 0 unspecified atom stereocenters. The number of amides is 2. The number of anilines is 1. The lowest BCUT2D eigenvalue weighted by molar-refractivity contribution is -0.116. The van der Waals surface area contributed by atoms with E-state index in [4.69, 9.17) is 0 Å². The summed E-state index contributed by atoms with van der Waals surface area (Å²) in [6.45, 7) is 3.84. The standard InChI is InChI=1S/C25H27N3O4S/c1-18-9-7-14-23(19(18)2)27-24(29)17-28(3)25(30)21-12-8-13-22(15-21)33(31,32)26-16-20-10-5-4-6-11-20/h4-15,26H,16-17H2,1-3H3,(H,27,29). The summed E-state index contributed by atoms with van der Waals surface area (Å²) in [5.74, 6) is -0.793. The topological polar surface area (TPSA) is 95.6 Å². The van der Waals surface area contributed by atoms with Crippen LogP contribution in [0.4, 0.5) is 5.69 Å². The normalized spacial score (nSPS) is 11.1. The molecule has 2 N–H and O–H groups in total. The molecule has 0 aliphatic rings. The number of nitrogens with one attached hydrogen (secondary N) is 2. The molecule has 0 saturated heterocycles. The summed E-state index contributed by atoms with van der Waals surface area (Å²) < 4.78 is 27.9. The number of aryl methyl sites for hydroxylation is 1. The molecule has 33 heavy (non-hydrogen) atoms. The van der Waals surface area contributed by atoms with Gasteiger partial charge in [-0.25, -0.2) is 13.1 Å². The summed E-state index contributed by atoms with van der Waals surface area (Å²) in [7, 11) is -2.31. The third kappa shape index (κ3) is 6.27. The van der Waals surface area contributed by atoms with Crippen LogP contribution in [0.25, 0.3) is 0 Å². The largest absolute Gasteiger partial charge is 0.332 e. The smallest absolute Gasteiger partial charge is 0.254 e. The van der Waals surface area contributed by atoms with Gasteiger partial charge in [0.05, 0.1) is 11.4 Å². The maximum Gasteiger partial charge on any atom is 0.254 e. The zero-order valence-corrected chi connectivity index (χ0v) is 19.6. The molecule has 0 saturated carbocycles. The minimum atomic E-state index is -3.81. The monoisotopic (exact) mass is 465 g/mol. The molecule has 0 spiro atoms. The van der Waals surface area contributed by atoms with Crippen LogP contribution >= 0.6 is 0 Å². The van der Waals surface area contributed by atoms with Crippen molar-refractivity contribution in [3.05, 3.63) is 95.1 Å². The molecular weight excluding hydrogens is 438 g/mol. The Hall–Kier alpha value is -3.49. The molecule has 0 aromatic heterocycles. The van der Waals surface area contributed by atoms with Crippen LogP contribution in [0.2, 0.25) is 0 Å². The Morgan fingerprint density at radius 1 is 0.909 bits per heavy atom. The molecule has 0 atom stereocenters. The molecule has 0 heterocycles. The van der Waals surface area contributed by atoms with E-state index in [-0.39, 0.29) is 29.5 Å². The Bertz CT molecular complexity index is 1260. The lowest BCUT2D eigenvalue weighted by Crippen LogP contribution is -2.35. The zero-order valence-electron chi connectivity index (χ0n) is 18.8. The minimum absolute atomic E-state index is 0.0162. The number of likely N-dealkylation sites (N-methyl/N-ethyl adjacent to an activating group) is 1. The van der Waals surface area contributed by atoms with E-state index < -0.39 is 15.9 Å². The fourth-order valence-corrected chi connectivity index (χ4v) is 4.30. The molecule has 3 aromatic carbocycles. The third-order valence-electron chi connectivity index (χ3n) is 5.31. The number of carbonyl (C=O) groups is 2. The van der Waals surface area contributed by atoms with Crippen molar-refractivity contribution in [2.24, 2.45) is 0 Å². The van der Waals surface area contributed by atoms with Crippen LogP contribution in [0.15, 0.2) is 77.7 Å². The van der Waals surface area contributed by atoms with Gasteiger partial charge in [0.2, 0.25) is 15.9 Å². The second-order valence-corrected chi connectivity index (χ2v) is 9.56.